The monoisotopic (exact) mass is 476 g/mol. The molecule has 0 radical (unpaired) electrons. The number of cyclic esters (lactones) is 1. The molecule has 1 aliphatic carbocycles. The van der Waals surface area contributed by atoms with Gasteiger partial charge in [-0.15, -0.1) is 11.6 Å². The highest BCUT2D eigenvalue weighted by molar-refractivity contribution is 6.26. The molecule has 1 N–H and O–H groups in total. The van der Waals surface area contributed by atoms with Crippen LogP contribution in [0.3, 0.4) is 0 Å². The Labute approximate surface area is 194 Å². The molecule has 2 aromatic rings. The number of phenols is 1. The third-order valence-corrected chi connectivity index (χ3v) is 6.57. The van der Waals surface area contributed by atoms with Crippen molar-refractivity contribution in [2.45, 2.75) is 12.0 Å². The summed E-state index contributed by atoms with van der Waals surface area (Å²) in [5.74, 6) is -1.67. The van der Waals surface area contributed by atoms with Crippen LogP contribution >= 0.6 is 11.6 Å². The van der Waals surface area contributed by atoms with Crippen molar-refractivity contribution in [2.75, 3.05) is 33.5 Å². The molecule has 2 aromatic carbocycles. The summed E-state index contributed by atoms with van der Waals surface area (Å²) in [6, 6.07) is 6.87. The summed E-state index contributed by atoms with van der Waals surface area (Å²) in [6.45, 7) is 0.144. The maximum Gasteiger partial charge on any atom is 0.321 e. The number of alkyl halides is 1. The second-order valence-electron chi connectivity index (χ2n) is 7.95. The van der Waals surface area contributed by atoms with Crippen LogP contribution in [0.15, 0.2) is 24.3 Å². The Morgan fingerprint density at radius 3 is 2.30 bits per heavy atom. The minimum Gasteiger partial charge on any atom is -0.502 e. The number of halogens is 1. The number of methoxy groups -OCH3 is 2. The number of aromatic hydroxyl groups is 1. The van der Waals surface area contributed by atoms with E-state index in [0.717, 1.165) is 0 Å². The molecule has 2 aliphatic heterocycles. The summed E-state index contributed by atoms with van der Waals surface area (Å²) in [4.78, 5) is 25.1. The van der Waals surface area contributed by atoms with Gasteiger partial charge < -0.3 is 33.5 Å². The van der Waals surface area contributed by atoms with Crippen LogP contribution in [-0.4, -0.2) is 50.5 Å². The maximum absolute atomic E-state index is 13.0. The summed E-state index contributed by atoms with van der Waals surface area (Å²) in [7, 11) is 2.86. The van der Waals surface area contributed by atoms with E-state index in [0.29, 0.717) is 28.2 Å². The number of hydrogen-bond acceptors (Lipinski definition) is 9. The molecule has 0 amide bonds. The van der Waals surface area contributed by atoms with Crippen LogP contribution in [0.2, 0.25) is 0 Å². The first-order chi connectivity index (χ1) is 16.0. The molecular weight excluding hydrogens is 456 g/mol. The Kier molecular flexibility index (Phi) is 5.36. The zero-order valence-corrected chi connectivity index (χ0v) is 18.6. The molecule has 0 bridgehead atoms. The third-order valence-electron chi connectivity index (χ3n) is 6.35. The summed E-state index contributed by atoms with van der Waals surface area (Å²) < 4.78 is 32.9. The lowest BCUT2D eigenvalue weighted by Gasteiger charge is -2.38. The van der Waals surface area contributed by atoms with E-state index in [1.165, 1.54) is 14.2 Å². The van der Waals surface area contributed by atoms with Crippen molar-refractivity contribution in [3.8, 4) is 28.7 Å². The summed E-state index contributed by atoms with van der Waals surface area (Å²) in [5.41, 5.74) is 2.05. The zero-order chi connectivity index (χ0) is 23.3. The molecule has 10 heteroatoms. The topological polar surface area (TPSA) is 110 Å². The second-order valence-corrected chi connectivity index (χ2v) is 8.22. The highest BCUT2D eigenvalue weighted by atomic mass is 35.5. The number of fused-ring (bicyclic) bond motifs is 3. The van der Waals surface area contributed by atoms with E-state index in [1.807, 2.05) is 0 Å². The molecule has 2 heterocycles. The lowest BCUT2D eigenvalue weighted by molar-refractivity contribution is -0.151. The quantitative estimate of drug-likeness (QED) is 0.514. The molecule has 33 heavy (non-hydrogen) atoms. The van der Waals surface area contributed by atoms with Gasteiger partial charge in [-0.2, -0.15) is 0 Å². The highest BCUT2D eigenvalue weighted by Gasteiger charge is 2.54. The normalized spacial score (nSPS) is 24.5. The summed E-state index contributed by atoms with van der Waals surface area (Å²) >= 11 is 5.70. The summed E-state index contributed by atoms with van der Waals surface area (Å²) in [6.07, 6.45) is -0.755. The minimum atomic E-state index is -0.755. The van der Waals surface area contributed by atoms with Crippen molar-refractivity contribution >= 4 is 23.5 Å². The van der Waals surface area contributed by atoms with Crippen LogP contribution in [0, 0.1) is 11.8 Å². The first-order valence-electron chi connectivity index (χ1n) is 10.3. The van der Waals surface area contributed by atoms with E-state index < -0.39 is 35.8 Å². The van der Waals surface area contributed by atoms with Crippen LogP contribution in [0.1, 0.15) is 28.7 Å². The molecule has 0 spiro atoms. The van der Waals surface area contributed by atoms with Crippen LogP contribution in [-0.2, 0) is 19.1 Å². The van der Waals surface area contributed by atoms with Gasteiger partial charge in [0.2, 0.25) is 12.5 Å². The van der Waals surface area contributed by atoms with Gasteiger partial charge in [0.1, 0.15) is 12.0 Å². The Hall–Kier alpha value is -3.33. The van der Waals surface area contributed by atoms with Gasteiger partial charge in [0.05, 0.1) is 26.7 Å². The average Bonchev–Trinajstić information content (AvgIpc) is 3.44. The van der Waals surface area contributed by atoms with Gasteiger partial charge in [-0.1, -0.05) is 0 Å². The fourth-order valence-corrected chi connectivity index (χ4v) is 4.99. The van der Waals surface area contributed by atoms with E-state index >= 15 is 0 Å². The molecule has 1 saturated heterocycles. The van der Waals surface area contributed by atoms with Gasteiger partial charge in [-0.3, -0.25) is 9.59 Å². The van der Waals surface area contributed by atoms with E-state index in [4.69, 9.17) is 40.0 Å². The molecule has 0 aromatic heterocycles. The van der Waals surface area contributed by atoms with E-state index in [2.05, 4.69) is 0 Å². The average molecular weight is 477 g/mol. The predicted molar refractivity (Wildman–Crippen MR) is 113 cm³/mol. The molecular formula is C23H21ClO9. The lowest BCUT2D eigenvalue weighted by atomic mass is 9.66. The summed E-state index contributed by atoms with van der Waals surface area (Å²) in [5, 5.41) is 10.4. The van der Waals surface area contributed by atoms with E-state index in [1.54, 1.807) is 24.3 Å². The number of carbonyl (C=O) groups excluding carboxylic acids is 2. The standard InChI is InChI=1S/C23H21ClO9/c1-28-16-3-10(4-17(29-2)21(16)26)19-11-5-14-15(32-9-31-14)6-12(11)22(33-18(25)7-24)13-8-30-23(27)20(13)19/h3-6,13,19-20,22,26H,7-9H2,1-2H3/t13-,19+,20-,22-/m0/s1. The van der Waals surface area contributed by atoms with Gasteiger partial charge in [-0.25, -0.2) is 0 Å². The Morgan fingerprint density at radius 1 is 1.06 bits per heavy atom. The first-order valence-corrected chi connectivity index (χ1v) is 10.8. The predicted octanol–water partition coefficient (Wildman–Crippen LogP) is 2.90. The lowest BCUT2D eigenvalue weighted by Crippen LogP contribution is -2.36. The van der Waals surface area contributed by atoms with Crippen molar-refractivity contribution in [1.29, 1.82) is 0 Å². The number of benzene rings is 2. The molecule has 4 atom stereocenters. The van der Waals surface area contributed by atoms with Crippen molar-refractivity contribution in [3.63, 3.8) is 0 Å². The Morgan fingerprint density at radius 2 is 1.70 bits per heavy atom. The highest BCUT2D eigenvalue weighted by Crippen LogP contribution is 2.56. The first kappa shape index (κ1) is 21.5. The number of rotatable bonds is 5. The Balaban J connectivity index is 1.74. The third kappa shape index (κ3) is 3.38. The SMILES string of the molecule is COc1cc([C@@H]2c3cc4c(cc3[C@H](OC(=O)CCl)[C@H]3COC(=O)[C@H]23)OCO4)cc(OC)c1O. The van der Waals surface area contributed by atoms with Crippen molar-refractivity contribution in [1.82, 2.24) is 0 Å². The van der Waals surface area contributed by atoms with Crippen LogP contribution in [0.5, 0.6) is 28.7 Å². The van der Waals surface area contributed by atoms with Gasteiger partial charge in [-0.05, 0) is 35.4 Å². The number of ether oxygens (including phenoxy) is 6. The van der Waals surface area contributed by atoms with Gasteiger partial charge >= 0.3 is 11.9 Å². The van der Waals surface area contributed by atoms with Crippen LogP contribution < -0.4 is 18.9 Å². The van der Waals surface area contributed by atoms with Crippen molar-refractivity contribution in [3.05, 3.63) is 41.0 Å². The molecule has 0 saturated carbocycles. The second kappa shape index (κ2) is 8.22. The Bertz CT molecular complexity index is 1110. The minimum absolute atomic E-state index is 0.0603. The van der Waals surface area contributed by atoms with Crippen molar-refractivity contribution < 1.29 is 43.1 Å². The van der Waals surface area contributed by atoms with Gasteiger partial charge in [0.25, 0.3) is 0 Å². The number of hydrogen-bond donors (Lipinski definition) is 1. The number of phenolic OH excluding ortho intramolecular Hbond substituents is 1. The smallest absolute Gasteiger partial charge is 0.321 e. The van der Waals surface area contributed by atoms with Crippen LogP contribution in [0.4, 0.5) is 0 Å². The fraction of sp³-hybridized carbons (Fsp3) is 0.391. The largest absolute Gasteiger partial charge is 0.502 e. The molecule has 1 fully saturated rings. The molecule has 0 unspecified atom stereocenters. The van der Waals surface area contributed by atoms with E-state index in [-0.39, 0.29) is 36.5 Å². The van der Waals surface area contributed by atoms with E-state index in [9.17, 15) is 14.7 Å². The van der Waals surface area contributed by atoms with Crippen LogP contribution in [0.25, 0.3) is 0 Å². The maximum atomic E-state index is 13.0. The number of esters is 2. The zero-order valence-electron chi connectivity index (χ0n) is 17.8. The molecule has 9 nitrogen and oxygen atoms in total. The van der Waals surface area contributed by atoms with Crippen molar-refractivity contribution in [2.24, 2.45) is 11.8 Å². The number of carbonyl (C=O) groups is 2. The van der Waals surface area contributed by atoms with Gasteiger partial charge in [0.15, 0.2) is 23.0 Å². The molecule has 174 valence electrons. The molecule has 5 rings (SSSR count). The van der Waals surface area contributed by atoms with Gasteiger partial charge in [0, 0.05) is 17.4 Å². The molecule has 3 aliphatic rings. The fourth-order valence-electron chi connectivity index (χ4n) is 4.93.